The van der Waals surface area contributed by atoms with E-state index < -0.39 is 11.9 Å². The Labute approximate surface area is 102 Å². The summed E-state index contributed by atoms with van der Waals surface area (Å²) in [7, 11) is 0. The lowest BCUT2D eigenvalue weighted by atomic mass is 10.0. The highest BCUT2D eigenvalue weighted by Crippen LogP contribution is 2.48. The minimum atomic E-state index is -4.46. The van der Waals surface area contributed by atoms with Crippen LogP contribution in [0.25, 0.3) is 0 Å². The Morgan fingerprint density at radius 1 is 1.28 bits per heavy atom. The summed E-state index contributed by atoms with van der Waals surface area (Å²) in [5, 5.41) is 18.5. The van der Waals surface area contributed by atoms with Crippen molar-refractivity contribution >= 4 is 5.82 Å². The van der Waals surface area contributed by atoms with Gasteiger partial charge in [-0.15, -0.1) is 10.2 Å². The molecule has 1 heterocycles. The lowest BCUT2D eigenvalue weighted by Gasteiger charge is -2.14. The Balaban J connectivity index is 1.91. The molecule has 0 aliphatic heterocycles. The average molecular weight is 261 g/mol. The third-order valence-electron chi connectivity index (χ3n) is 3.20. The third-order valence-corrected chi connectivity index (χ3v) is 3.20. The molecule has 1 aliphatic carbocycles. The SMILES string of the molecule is OCCC1(CNc2ccc(C(F)(F)F)nn2)CC1. The Hall–Kier alpha value is -1.37. The Bertz CT molecular complexity index is 401. The Kier molecular flexibility index (Phi) is 3.43. The number of aromatic nitrogens is 2. The van der Waals surface area contributed by atoms with Gasteiger partial charge in [-0.25, -0.2) is 0 Å². The first-order valence-corrected chi connectivity index (χ1v) is 5.71. The van der Waals surface area contributed by atoms with Crippen molar-refractivity contribution in [3.8, 4) is 0 Å². The van der Waals surface area contributed by atoms with Crippen LogP contribution in [-0.2, 0) is 6.18 Å². The second-order valence-corrected chi connectivity index (χ2v) is 4.63. The van der Waals surface area contributed by atoms with Crippen molar-refractivity contribution in [3.05, 3.63) is 17.8 Å². The van der Waals surface area contributed by atoms with Crippen LogP contribution in [0.1, 0.15) is 25.0 Å². The first-order valence-electron chi connectivity index (χ1n) is 5.71. The minimum Gasteiger partial charge on any atom is -0.396 e. The van der Waals surface area contributed by atoms with Gasteiger partial charge in [0.2, 0.25) is 0 Å². The molecule has 0 unspecified atom stereocenters. The minimum absolute atomic E-state index is 0.0825. The lowest BCUT2D eigenvalue weighted by molar-refractivity contribution is -0.141. The zero-order valence-electron chi connectivity index (χ0n) is 9.67. The van der Waals surface area contributed by atoms with Crippen LogP contribution in [0.15, 0.2) is 12.1 Å². The van der Waals surface area contributed by atoms with E-state index in [0.717, 1.165) is 18.9 Å². The van der Waals surface area contributed by atoms with E-state index in [2.05, 4.69) is 15.5 Å². The van der Waals surface area contributed by atoms with E-state index in [1.807, 2.05) is 0 Å². The molecule has 1 aliphatic rings. The first kappa shape index (κ1) is 13.1. The van der Waals surface area contributed by atoms with Gasteiger partial charge in [0.15, 0.2) is 5.69 Å². The molecule has 100 valence electrons. The molecule has 1 aromatic rings. The molecule has 0 amide bonds. The van der Waals surface area contributed by atoms with Crippen LogP contribution in [-0.4, -0.2) is 28.5 Å². The van der Waals surface area contributed by atoms with E-state index in [9.17, 15) is 13.2 Å². The molecule has 0 radical (unpaired) electrons. The van der Waals surface area contributed by atoms with Crippen LogP contribution in [0.4, 0.5) is 19.0 Å². The maximum Gasteiger partial charge on any atom is 0.435 e. The van der Waals surface area contributed by atoms with Gasteiger partial charge in [-0.2, -0.15) is 13.2 Å². The van der Waals surface area contributed by atoms with E-state index in [-0.39, 0.29) is 12.0 Å². The molecular weight excluding hydrogens is 247 g/mol. The number of nitrogens with one attached hydrogen (secondary N) is 1. The number of hydrogen-bond donors (Lipinski definition) is 2. The summed E-state index contributed by atoms with van der Waals surface area (Å²) in [4.78, 5) is 0. The van der Waals surface area contributed by atoms with Crippen molar-refractivity contribution in [2.75, 3.05) is 18.5 Å². The second-order valence-electron chi connectivity index (χ2n) is 4.63. The number of alkyl halides is 3. The molecule has 0 bridgehead atoms. The van der Waals surface area contributed by atoms with Crippen molar-refractivity contribution in [2.24, 2.45) is 5.41 Å². The van der Waals surface area contributed by atoms with E-state index in [1.54, 1.807) is 0 Å². The fourth-order valence-electron chi connectivity index (χ4n) is 1.78. The molecule has 0 atom stereocenters. The van der Waals surface area contributed by atoms with Crippen molar-refractivity contribution in [1.29, 1.82) is 0 Å². The highest BCUT2D eigenvalue weighted by molar-refractivity contribution is 5.34. The molecule has 0 spiro atoms. The van der Waals surface area contributed by atoms with Gasteiger partial charge in [0.05, 0.1) is 0 Å². The van der Waals surface area contributed by atoms with Crippen LogP contribution >= 0.6 is 0 Å². The van der Waals surface area contributed by atoms with Crippen LogP contribution in [0.3, 0.4) is 0 Å². The van der Waals surface area contributed by atoms with Crippen LogP contribution < -0.4 is 5.32 Å². The second kappa shape index (κ2) is 4.72. The van der Waals surface area contributed by atoms with E-state index in [0.29, 0.717) is 18.8 Å². The highest BCUT2D eigenvalue weighted by atomic mass is 19.4. The average Bonchev–Trinajstić information content (AvgIpc) is 3.07. The number of aliphatic hydroxyl groups excluding tert-OH is 1. The summed E-state index contributed by atoms with van der Waals surface area (Å²) in [5.74, 6) is 0.326. The summed E-state index contributed by atoms with van der Waals surface area (Å²) < 4.78 is 36.8. The standard InChI is InChI=1S/C11H14F3N3O/c12-11(13,14)8-1-2-9(17-16-8)15-7-10(3-4-10)5-6-18/h1-2,18H,3-7H2,(H,15,17). The molecule has 1 fully saturated rings. The number of rotatable bonds is 5. The number of anilines is 1. The molecule has 18 heavy (non-hydrogen) atoms. The van der Waals surface area contributed by atoms with Gasteiger partial charge < -0.3 is 10.4 Å². The quantitative estimate of drug-likeness (QED) is 0.852. The molecule has 7 heteroatoms. The third kappa shape index (κ3) is 3.10. The maximum absolute atomic E-state index is 12.3. The Morgan fingerprint density at radius 2 is 2.00 bits per heavy atom. The van der Waals surface area contributed by atoms with E-state index in [4.69, 9.17) is 5.11 Å². The van der Waals surface area contributed by atoms with E-state index >= 15 is 0 Å². The van der Waals surface area contributed by atoms with Crippen molar-refractivity contribution in [2.45, 2.75) is 25.4 Å². The number of halogens is 3. The zero-order chi connectivity index (χ0) is 13.2. The van der Waals surface area contributed by atoms with Gasteiger partial charge in [0.25, 0.3) is 0 Å². The zero-order valence-corrected chi connectivity index (χ0v) is 9.67. The van der Waals surface area contributed by atoms with Gasteiger partial charge in [-0.1, -0.05) is 0 Å². The first-order chi connectivity index (χ1) is 8.45. The fraction of sp³-hybridized carbons (Fsp3) is 0.636. The van der Waals surface area contributed by atoms with Crippen molar-refractivity contribution < 1.29 is 18.3 Å². The predicted molar refractivity (Wildman–Crippen MR) is 58.9 cm³/mol. The summed E-state index contributed by atoms with van der Waals surface area (Å²) in [6, 6.07) is 2.17. The Morgan fingerprint density at radius 3 is 2.44 bits per heavy atom. The van der Waals surface area contributed by atoms with Gasteiger partial charge in [-0.3, -0.25) is 0 Å². The summed E-state index contributed by atoms with van der Waals surface area (Å²) >= 11 is 0. The highest BCUT2D eigenvalue weighted by Gasteiger charge is 2.41. The molecule has 4 nitrogen and oxygen atoms in total. The smallest absolute Gasteiger partial charge is 0.396 e. The molecular formula is C11H14F3N3O. The van der Waals surface area contributed by atoms with Gasteiger partial charge in [0, 0.05) is 13.2 Å². The predicted octanol–water partition coefficient (Wildman–Crippen LogP) is 2.07. The number of nitrogens with zero attached hydrogens (tertiary/aromatic N) is 2. The van der Waals surface area contributed by atoms with Crippen LogP contribution in [0.5, 0.6) is 0 Å². The van der Waals surface area contributed by atoms with Crippen LogP contribution in [0, 0.1) is 5.41 Å². The fourth-order valence-corrected chi connectivity index (χ4v) is 1.78. The van der Waals surface area contributed by atoms with E-state index in [1.165, 1.54) is 6.07 Å². The van der Waals surface area contributed by atoms with Gasteiger partial charge in [-0.05, 0) is 36.8 Å². The lowest BCUT2D eigenvalue weighted by Crippen LogP contribution is -2.18. The normalized spacial score (nSPS) is 17.6. The summed E-state index contributed by atoms with van der Waals surface area (Å²) in [6.45, 7) is 0.730. The van der Waals surface area contributed by atoms with Crippen molar-refractivity contribution in [3.63, 3.8) is 0 Å². The summed E-state index contributed by atoms with van der Waals surface area (Å²) in [5.41, 5.74) is -0.913. The molecule has 1 aromatic heterocycles. The molecule has 2 N–H and O–H groups in total. The van der Waals surface area contributed by atoms with Gasteiger partial charge >= 0.3 is 6.18 Å². The van der Waals surface area contributed by atoms with Crippen molar-refractivity contribution in [1.82, 2.24) is 10.2 Å². The maximum atomic E-state index is 12.3. The topological polar surface area (TPSA) is 58.0 Å². The molecule has 0 aromatic carbocycles. The van der Waals surface area contributed by atoms with Crippen LogP contribution in [0.2, 0.25) is 0 Å². The number of aliphatic hydroxyl groups is 1. The molecule has 2 rings (SSSR count). The monoisotopic (exact) mass is 261 g/mol. The largest absolute Gasteiger partial charge is 0.435 e. The number of hydrogen-bond acceptors (Lipinski definition) is 4. The summed E-state index contributed by atoms with van der Waals surface area (Å²) in [6.07, 6.45) is -1.71. The molecule has 1 saturated carbocycles. The van der Waals surface area contributed by atoms with Gasteiger partial charge in [0.1, 0.15) is 5.82 Å². The molecule has 0 saturated heterocycles.